The lowest BCUT2D eigenvalue weighted by Crippen LogP contribution is -2.25. The summed E-state index contributed by atoms with van der Waals surface area (Å²) in [5, 5.41) is 7.25. The Labute approximate surface area is 135 Å². The predicted molar refractivity (Wildman–Crippen MR) is 92.6 cm³/mol. The number of benzene rings is 2. The lowest BCUT2D eigenvalue weighted by molar-refractivity contribution is 0.949. The first-order chi connectivity index (χ1) is 11.3. The summed E-state index contributed by atoms with van der Waals surface area (Å²) in [6, 6.07) is 18.9. The molecule has 0 radical (unpaired) electrons. The fourth-order valence-electron chi connectivity index (χ4n) is 3.04. The van der Waals surface area contributed by atoms with E-state index in [0.717, 1.165) is 37.0 Å². The minimum atomic E-state index is 0.760. The molecule has 1 saturated heterocycles. The Hall–Kier alpha value is -2.82. The minimum Gasteiger partial charge on any atom is -0.352 e. The molecule has 0 spiro atoms. The van der Waals surface area contributed by atoms with Gasteiger partial charge in [-0.25, -0.2) is 4.98 Å². The highest BCUT2D eigenvalue weighted by molar-refractivity contribution is 5.75. The highest BCUT2D eigenvalue weighted by Gasteiger charge is 2.23. The van der Waals surface area contributed by atoms with Crippen LogP contribution in [0.15, 0.2) is 54.6 Å². The largest absolute Gasteiger partial charge is 0.352 e. The van der Waals surface area contributed by atoms with Gasteiger partial charge in [0.15, 0.2) is 5.82 Å². The van der Waals surface area contributed by atoms with Gasteiger partial charge in [0.2, 0.25) is 0 Å². The molecule has 5 heteroatoms. The van der Waals surface area contributed by atoms with Crippen LogP contribution in [0, 0.1) is 6.92 Å². The molecule has 4 rings (SSSR count). The zero-order valence-electron chi connectivity index (χ0n) is 13.1. The van der Waals surface area contributed by atoms with Crippen molar-refractivity contribution in [2.24, 2.45) is 0 Å². The zero-order chi connectivity index (χ0) is 15.6. The summed E-state index contributed by atoms with van der Waals surface area (Å²) in [6.45, 7) is 4.82. The van der Waals surface area contributed by atoms with Gasteiger partial charge in [-0.1, -0.05) is 30.3 Å². The SMILES string of the molecule is Cc1nc(-c2ccccc2N2CCN(c3ccccc3)C2)n[nH]1. The van der Waals surface area contributed by atoms with Gasteiger partial charge < -0.3 is 9.80 Å². The molecule has 5 nitrogen and oxygen atoms in total. The van der Waals surface area contributed by atoms with Crippen molar-refractivity contribution in [2.45, 2.75) is 6.92 Å². The van der Waals surface area contributed by atoms with Gasteiger partial charge >= 0.3 is 0 Å². The van der Waals surface area contributed by atoms with E-state index in [9.17, 15) is 0 Å². The van der Waals surface area contributed by atoms with Gasteiger partial charge in [-0.05, 0) is 31.2 Å². The van der Waals surface area contributed by atoms with E-state index in [0.29, 0.717) is 0 Å². The van der Waals surface area contributed by atoms with Gasteiger partial charge in [0.05, 0.1) is 6.67 Å². The fraction of sp³-hybridized carbons (Fsp3) is 0.222. The normalized spacial score (nSPS) is 14.5. The number of aromatic nitrogens is 3. The molecule has 1 fully saturated rings. The number of hydrogen-bond acceptors (Lipinski definition) is 4. The van der Waals surface area contributed by atoms with Crippen LogP contribution in [0.5, 0.6) is 0 Å². The maximum absolute atomic E-state index is 4.48. The Kier molecular flexibility index (Phi) is 3.46. The lowest BCUT2D eigenvalue weighted by atomic mass is 10.1. The minimum absolute atomic E-state index is 0.760. The van der Waals surface area contributed by atoms with E-state index in [1.807, 2.05) is 13.0 Å². The maximum Gasteiger partial charge on any atom is 0.183 e. The van der Waals surface area contributed by atoms with E-state index in [4.69, 9.17) is 0 Å². The Bertz CT molecular complexity index is 796. The first kappa shape index (κ1) is 13.8. The van der Waals surface area contributed by atoms with Crippen molar-refractivity contribution in [3.63, 3.8) is 0 Å². The van der Waals surface area contributed by atoms with E-state index in [1.54, 1.807) is 0 Å². The van der Waals surface area contributed by atoms with Gasteiger partial charge in [0.25, 0.3) is 0 Å². The molecule has 1 aromatic heterocycles. The molecule has 2 aromatic carbocycles. The molecule has 1 N–H and O–H groups in total. The molecule has 2 heterocycles. The van der Waals surface area contributed by atoms with Crippen molar-refractivity contribution in [2.75, 3.05) is 29.6 Å². The van der Waals surface area contributed by atoms with Gasteiger partial charge in [0.1, 0.15) is 5.82 Å². The smallest absolute Gasteiger partial charge is 0.183 e. The van der Waals surface area contributed by atoms with E-state index in [2.05, 4.69) is 73.5 Å². The number of nitrogens with zero attached hydrogens (tertiary/aromatic N) is 4. The van der Waals surface area contributed by atoms with E-state index < -0.39 is 0 Å². The number of anilines is 2. The van der Waals surface area contributed by atoms with Gasteiger partial charge in [-0.3, -0.25) is 5.10 Å². The number of H-pyrrole nitrogens is 1. The molecule has 116 valence electrons. The van der Waals surface area contributed by atoms with Crippen LogP contribution in [0.3, 0.4) is 0 Å². The average Bonchev–Trinajstić information content (AvgIpc) is 3.25. The van der Waals surface area contributed by atoms with Crippen LogP contribution in [0.1, 0.15) is 5.82 Å². The second-order valence-electron chi connectivity index (χ2n) is 5.77. The van der Waals surface area contributed by atoms with Crippen molar-refractivity contribution in [3.05, 3.63) is 60.4 Å². The van der Waals surface area contributed by atoms with Crippen LogP contribution in [-0.2, 0) is 0 Å². The summed E-state index contributed by atoms with van der Waals surface area (Å²) < 4.78 is 0. The molecule has 0 aliphatic carbocycles. The molecule has 0 bridgehead atoms. The topological polar surface area (TPSA) is 48.1 Å². The molecule has 3 aromatic rings. The van der Waals surface area contributed by atoms with Crippen LogP contribution >= 0.6 is 0 Å². The molecular weight excluding hydrogens is 286 g/mol. The number of aryl methyl sites for hydroxylation is 1. The molecule has 0 atom stereocenters. The number of para-hydroxylation sites is 2. The average molecular weight is 305 g/mol. The number of nitrogens with one attached hydrogen (secondary N) is 1. The zero-order valence-corrected chi connectivity index (χ0v) is 13.1. The Morgan fingerprint density at radius 1 is 0.913 bits per heavy atom. The first-order valence-electron chi connectivity index (χ1n) is 7.84. The third kappa shape index (κ3) is 2.65. The molecule has 0 amide bonds. The summed E-state index contributed by atoms with van der Waals surface area (Å²) in [6.07, 6.45) is 0. The van der Waals surface area contributed by atoms with E-state index in [1.165, 1.54) is 11.4 Å². The van der Waals surface area contributed by atoms with Crippen molar-refractivity contribution < 1.29 is 0 Å². The molecule has 1 aliphatic rings. The van der Waals surface area contributed by atoms with Crippen LogP contribution in [-0.4, -0.2) is 34.9 Å². The summed E-state index contributed by atoms with van der Waals surface area (Å²) in [7, 11) is 0. The van der Waals surface area contributed by atoms with Crippen molar-refractivity contribution >= 4 is 11.4 Å². The van der Waals surface area contributed by atoms with Crippen molar-refractivity contribution in [3.8, 4) is 11.4 Å². The number of aromatic amines is 1. The van der Waals surface area contributed by atoms with Gasteiger partial charge in [-0.2, -0.15) is 5.10 Å². The van der Waals surface area contributed by atoms with E-state index in [-0.39, 0.29) is 0 Å². The predicted octanol–water partition coefficient (Wildman–Crippen LogP) is 3.06. The molecule has 0 saturated carbocycles. The Morgan fingerprint density at radius 2 is 1.65 bits per heavy atom. The summed E-state index contributed by atoms with van der Waals surface area (Å²) >= 11 is 0. The highest BCUT2D eigenvalue weighted by Crippen LogP contribution is 2.31. The second-order valence-corrected chi connectivity index (χ2v) is 5.77. The van der Waals surface area contributed by atoms with Crippen molar-refractivity contribution in [1.29, 1.82) is 0 Å². The first-order valence-corrected chi connectivity index (χ1v) is 7.84. The molecule has 23 heavy (non-hydrogen) atoms. The second kappa shape index (κ2) is 5.76. The Balaban J connectivity index is 1.62. The molecule has 1 aliphatic heterocycles. The summed E-state index contributed by atoms with van der Waals surface area (Å²) in [5.74, 6) is 1.60. The summed E-state index contributed by atoms with van der Waals surface area (Å²) in [5.41, 5.74) is 3.53. The van der Waals surface area contributed by atoms with Crippen LogP contribution in [0.2, 0.25) is 0 Å². The third-order valence-corrected chi connectivity index (χ3v) is 4.19. The number of rotatable bonds is 3. The van der Waals surface area contributed by atoms with Crippen LogP contribution in [0.25, 0.3) is 11.4 Å². The summed E-state index contributed by atoms with van der Waals surface area (Å²) in [4.78, 5) is 9.26. The fourth-order valence-corrected chi connectivity index (χ4v) is 3.04. The quantitative estimate of drug-likeness (QED) is 0.808. The molecule has 0 unspecified atom stereocenters. The van der Waals surface area contributed by atoms with E-state index >= 15 is 0 Å². The number of hydrogen-bond donors (Lipinski definition) is 1. The van der Waals surface area contributed by atoms with Gasteiger partial charge in [-0.15, -0.1) is 0 Å². The monoisotopic (exact) mass is 305 g/mol. The van der Waals surface area contributed by atoms with Gasteiger partial charge in [0, 0.05) is 30.0 Å². The van der Waals surface area contributed by atoms with Crippen LogP contribution < -0.4 is 9.80 Å². The highest BCUT2D eigenvalue weighted by atomic mass is 15.4. The van der Waals surface area contributed by atoms with Crippen LogP contribution in [0.4, 0.5) is 11.4 Å². The molecular formula is C18H19N5. The standard InChI is InChI=1S/C18H19N5/c1-14-19-18(21-20-14)16-9-5-6-10-17(16)23-12-11-22(13-23)15-7-3-2-4-8-15/h2-10H,11-13H2,1H3,(H,19,20,21). The lowest BCUT2D eigenvalue weighted by Gasteiger charge is -2.22. The van der Waals surface area contributed by atoms with Crippen molar-refractivity contribution in [1.82, 2.24) is 15.2 Å². The third-order valence-electron chi connectivity index (χ3n) is 4.19. The Morgan fingerprint density at radius 3 is 2.43 bits per heavy atom. The maximum atomic E-state index is 4.48.